The first kappa shape index (κ1) is 19.2. The molecule has 0 saturated heterocycles. The number of hydrogen-bond acceptors (Lipinski definition) is 3. The lowest BCUT2D eigenvalue weighted by atomic mass is 10.1. The summed E-state index contributed by atoms with van der Waals surface area (Å²) in [5, 5.41) is 11.7. The van der Waals surface area contributed by atoms with Crippen LogP contribution in [0.3, 0.4) is 0 Å². The van der Waals surface area contributed by atoms with Gasteiger partial charge in [0.15, 0.2) is 0 Å². The van der Waals surface area contributed by atoms with E-state index in [9.17, 15) is 4.79 Å². The molecule has 0 saturated carbocycles. The predicted octanol–water partition coefficient (Wildman–Crippen LogP) is 4.50. The summed E-state index contributed by atoms with van der Waals surface area (Å²) in [6, 6.07) is 15.3. The quantitative estimate of drug-likeness (QED) is 0.494. The molecule has 0 aliphatic heterocycles. The van der Waals surface area contributed by atoms with Gasteiger partial charge in [0, 0.05) is 46.5 Å². The molecule has 2 N–H and O–H groups in total. The maximum Gasteiger partial charge on any atom is 0.259 e. The number of aromatic nitrogens is 3. The largest absolute Gasteiger partial charge is 0.346 e. The molecule has 0 aliphatic rings. The number of hydrogen-bond donors (Lipinski definition) is 2. The van der Waals surface area contributed by atoms with E-state index in [4.69, 9.17) is 11.6 Å². The maximum absolute atomic E-state index is 12.8. The van der Waals surface area contributed by atoms with Gasteiger partial charge in [0.05, 0.1) is 17.5 Å². The maximum atomic E-state index is 12.8. The summed E-state index contributed by atoms with van der Waals surface area (Å²) < 4.78 is 2.22. The highest BCUT2D eigenvalue weighted by Crippen LogP contribution is 2.25. The van der Waals surface area contributed by atoms with E-state index in [2.05, 4.69) is 51.3 Å². The molecule has 2 heterocycles. The molecule has 4 aromatic rings. The topological polar surface area (TPSA) is 65.9 Å². The van der Waals surface area contributed by atoms with Crippen LogP contribution in [0.1, 0.15) is 10.4 Å². The molecule has 0 fully saturated rings. The third-order valence-electron chi connectivity index (χ3n) is 4.83. The van der Waals surface area contributed by atoms with Crippen LogP contribution < -0.4 is 5.32 Å². The first-order valence-electron chi connectivity index (χ1n) is 9.35. The number of carbonyl (C=O) groups is 1. The van der Waals surface area contributed by atoms with Gasteiger partial charge in [-0.3, -0.25) is 9.89 Å². The Bertz CT molecular complexity index is 1140. The first-order chi connectivity index (χ1) is 14.0. The Kier molecular flexibility index (Phi) is 5.38. The lowest BCUT2D eigenvalue weighted by Gasteiger charge is -2.11. The van der Waals surface area contributed by atoms with Crippen LogP contribution in [0, 0.1) is 0 Å². The number of anilines is 1. The van der Waals surface area contributed by atoms with Crippen LogP contribution in [0.2, 0.25) is 5.02 Å². The Balaban J connectivity index is 1.54. The average molecular weight is 408 g/mol. The molecule has 0 radical (unpaired) electrons. The third kappa shape index (κ3) is 4.18. The first-order valence-corrected chi connectivity index (χ1v) is 9.73. The number of aromatic amines is 1. The Labute approximate surface area is 174 Å². The minimum atomic E-state index is -0.213. The predicted molar refractivity (Wildman–Crippen MR) is 117 cm³/mol. The molecule has 6 nitrogen and oxygen atoms in total. The number of likely N-dealkylation sites (N-methyl/N-ethyl adjacent to an activating group) is 1. The SMILES string of the molecule is CN(C)CCn1ccc2cc(NC(=O)c3cn[nH]c3-c3ccc(Cl)cc3)ccc21. The second kappa shape index (κ2) is 8.11. The van der Waals surface area contributed by atoms with E-state index in [1.54, 1.807) is 12.1 Å². The van der Waals surface area contributed by atoms with E-state index < -0.39 is 0 Å². The molecule has 29 heavy (non-hydrogen) atoms. The van der Waals surface area contributed by atoms with Crippen molar-refractivity contribution in [3.63, 3.8) is 0 Å². The van der Waals surface area contributed by atoms with Crippen molar-refractivity contribution in [3.05, 3.63) is 71.5 Å². The average Bonchev–Trinajstić information content (AvgIpc) is 3.34. The van der Waals surface area contributed by atoms with Crippen LogP contribution in [0.4, 0.5) is 5.69 Å². The van der Waals surface area contributed by atoms with E-state index >= 15 is 0 Å². The number of nitrogens with one attached hydrogen (secondary N) is 2. The fraction of sp³-hybridized carbons (Fsp3) is 0.182. The highest BCUT2D eigenvalue weighted by Gasteiger charge is 2.16. The number of rotatable bonds is 6. The normalized spacial score (nSPS) is 11.3. The minimum Gasteiger partial charge on any atom is -0.346 e. The minimum absolute atomic E-state index is 0.213. The van der Waals surface area contributed by atoms with E-state index in [1.165, 1.54) is 6.20 Å². The van der Waals surface area contributed by atoms with Crippen molar-refractivity contribution in [3.8, 4) is 11.3 Å². The van der Waals surface area contributed by atoms with Crippen LogP contribution in [-0.4, -0.2) is 46.2 Å². The van der Waals surface area contributed by atoms with Gasteiger partial charge in [-0.1, -0.05) is 23.7 Å². The zero-order valence-electron chi connectivity index (χ0n) is 16.3. The van der Waals surface area contributed by atoms with Crippen molar-refractivity contribution in [1.82, 2.24) is 19.7 Å². The molecule has 0 spiro atoms. The standard InChI is InChI=1S/C22H22ClN5O/c1-27(2)11-12-28-10-9-16-13-18(7-8-20(16)28)25-22(29)19-14-24-26-21(19)15-3-5-17(23)6-4-15/h3-10,13-14H,11-12H2,1-2H3,(H,24,26)(H,25,29). The van der Waals surface area contributed by atoms with Crippen LogP contribution in [0.15, 0.2) is 60.9 Å². The monoisotopic (exact) mass is 407 g/mol. The van der Waals surface area contributed by atoms with Gasteiger partial charge >= 0.3 is 0 Å². The summed E-state index contributed by atoms with van der Waals surface area (Å²) in [6.07, 6.45) is 3.62. The summed E-state index contributed by atoms with van der Waals surface area (Å²) in [6.45, 7) is 1.89. The lowest BCUT2D eigenvalue weighted by molar-refractivity contribution is 0.102. The summed E-state index contributed by atoms with van der Waals surface area (Å²) in [4.78, 5) is 15.0. The van der Waals surface area contributed by atoms with Gasteiger partial charge in [0.2, 0.25) is 0 Å². The summed E-state index contributed by atoms with van der Waals surface area (Å²) in [5.41, 5.74) is 3.89. The molecular formula is C22H22ClN5O. The number of benzene rings is 2. The molecule has 0 atom stereocenters. The Hall–Kier alpha value is -3.09. The van der Waals surface area contributed by atoms with E-state index in [-0.39, 0.29) is 5.91 Å². The summed E-state index contributed by atoms with van der Waals surface area (Å²) in [7, 11) is 4.13. The van der Waals surface area contributed by atoms with Crippen molar-refractivity contribution in [1.29, 1.82) is 0 Å². The van der Waals surface area contributed by atoms with Crippen molar-refractivity contribution < 1.29 is 4.79 Å². The van der Waals surface area contributed by atoms with Crippen molar-refractivity contribution in [2.75, 3.05) is 26.0 Å². The second-order valence-corrected chi connectivity index (χ2v) is 7.64. The van der Waals surface area contributed by atoms with Gasteiger partial charge in [0.25, 0.3) is 5.91 Å². The molecule has 0 aliphatic carbocycles. The van der Waals surface area contributed by atoms with Crippen LogP contribution in [-0.2, 0) is 6.54 Å². The number of carbonyl (C=O) groups excluding carboxylic acids is 1. The van der Waals surface area contributed by atoms with Crippen molar-refractivity contribution in [2.24, 2.45) is 0 Å². The van der Waals surface area contributed by atoms with Crippen LogP contribution in [0.5, 0.6) is 0 Å². The van der Waals surface area contributed by atoms with Gasteiger partial charge in [-0.15, -0.1) is 0 Å². The van der Waals surface area contributed by atoms with E-state index in [0.717, 1.165) is 35.2 Å². The smallest absolute Gasteiger partial charge is 0.259 e. The molecule has 2 aromatic carbocycles. The van der Waals surface area contributed by atoms with Gasteiger partial charge < -0.3 is 14.8 Å². The molecule has 7 heteroatoms. The fourth-order valence-electron chi connectivity index (χ4n) is 3.27. The molecule has 4 rings (SSSR count). The summed E-state index contributed by atoms with van der Waals surface area (Å²) in [5.74, 6) is -0.213. The van der Waals surface area contributed by atoms with Gasteiger partial charge in [-0.05, 0) is 50.5 Å². The van der Waals surface area contributed by atoms with E-state index in [1.807, 2.05) is 30.3 Å². The van der Waals surface area contributed by atoms with Crippen LogP contribution in [0.25, 0.3) is 22.2 Å². The van der Waals surface area contributed by atoms with Gasteiger partial charge in [-0.2, -0.15) is 5.10 Å². The number of halogens is 1. The molecule has 148 valence electrons. The third-order valence-corrected chi connectivity index (χ3v) is 5.09. The Morgan fingerprint density at radius 1 is 1.17 bits per heavy atom. The van der Waals surface area contributed by atoms with Crippen molar-refractivity contribution in [2.45, 2.75) is 6.54 Å². The number of fused-ring (bicyclic) bond motifs is 1. The molecule has 1 amide bonds. The van der Waals surface area contributed by atoms with Gasteiger partial charge in [-0.25, -0.2) is 0 Å². The highest BCUT2D eigenvalue weighted by molar-refractivity contribution is 6.30. The van der Waals surface area contributed by atoms with Crippen molar-refractivity contribution >= 4 is 34.1 Å². The summed E-state index contributed by atoms with van der Waals surface area (Å²) >= 11 is 5.96. The zero-order valence-corrected chi connectivity index (χ0v) is 17.1. The molecular weight excluding hydrogens is 386 g/mol. The second-order valence-electron chi connectivity index (χ2n) is 7.21. The van der Waals surface area contributed by atoms with E-state index in [0.29, 0.717) is 16.3 Å². The molecule has 0 bridgehead atoms. The number of nitrogens with zero attached hydrogens (tertiary/aromatic N) is 3. The lowest BCUT2D eigenvalue weighted by Crippen LogP contribution is -2.17. The fourth-order valence-corrected chi connectivity index (χ4v) is 3.40. The number of H-pyrrole nitrogens is 1. The molecule has 2 aromatic heterocycles. The zero-order chi connectivity index (χ0) is 20.4. The Morgan fingerprint density at radius 2 is 1.97 bits per heavy atom. The van der Waals surface area contributed by atoms with Crippen LogP contribution >= 0.6 is 11.6 Å². The highest BCUT2D eigenvalue weighted by atomic mass is 35.5. The van der Waals surface area contributed by atoms with Gasteiger partial charge in [0.1, 0.15) is 0 Å². The number of amides is 1. The Morgan fingerprint density at radius 3 is 2.72 bits per heavy atom. The molecule has 0 unspecified atom stereocenters.